The standard InChI is InChI=1S/C5H3N4/c1-2-6-5-8-7-4-9(5)3-1/h1,3-4H. The zero-order valence-electron chi connectivity index (χ0n) is 4.52. The maximum absolute atomic E-state index is 3.81. The zero-order valence-corrected chi connectivity index (χ0v) is 4.52. The first-order valence-electron chi connectivity index (χ1n) is 2.49. The number of rotatable bonds is 0. The van der Waals surface area contributed by atoms with E-state index in [0.29, 0.717) is 5.78 Å². The second-order valence-corrected chi connectivity index (χ2v) is 1.59. The van der Waals surface area contributed by atoms with Gasteiger partial charge in [-0.1, -0.05) is 0 Å². The number of nitrogens with zero attached hydrogens (tertiary/aromatic N) is 4. The van der Waals surface area contributed by atoms with Gasteiger partial charge >= 0.3 is 0 Å². The van der Waals surface area contributed by atoms with Crippen molar-refractivity contribution in [2.75, 3.05) is 0 Å². The maximum atomic E-state index is 3.81. The van der Waals surface area contributed by atoms with Gasteiger partial charge in [0.15, 0.2) is 0 Å². The summed E-state index contributed by atoms with van der Waals surface area (Å²) in [6.07, 6.45) is 6.04. The molecule has 2 heterocycles. The summed E-state index contributed by atoms with van der Waals surface area (Å²) in [6, 6.07) is 1.70. The van der Waals surface area contributed by atoms with Gasteiger partial charge in [0.2, 0.25) is 0 Å². The van der Waals surface area contributed by atoms with Gasteiger partial charge in [0, 0.05) is 6.20 Å². The molecule has 0 unspecified atom stereocenters. The molecule has 9 heavy (non-hydrogen) atoms. The summed E-state index contributed by atoms with van der Waals surface area (Å²) in [6.45, 7) is 0. The molecule has 0 N–H and O–H groups in total. The zero-order chi connectivity index (χ0) is 6.10. The number of aromatic nitrogens is 4. The van der Waals surface area contributed by atoms with E-state index in [1.165, 1.54) is 0 Å². The van der Waals surface area contributed by atoms with E-state index in [1.807, 2.05) is 0 Å². The molecule has 2 aromatic heterocycles. The van der Waals surface area contributed by atoms with E-state index in [2.05, 4.69) is 21.4 Å². The van der Waals surface area contributed by atoms with Crippen molar-refractivity contribution in [3.05, 3.63) is 24.8 Å². The Morgan fingerprint density at radius 3 is 3.44 bits per heavy atom. The number of hydrogen-bond acceptors (Lipinski definition) is 3. The monoisotopic (exact) mass is 119 g/mol. The third-order valence-electron chi connectivity index (χ3n) is 1.03. The molecule has 0 saturated heterocycles. The van der Waals surface area contributed by atoms with Gasteiger partial charge in [0.05, 0.1) is 6.20 Å². The van der Waals surface area contributed by atoms with Crippen molar-refractivity contribution in [3.8, 4) is 0 Å². The normalized spacial score (nSPS) is 10.2. The second-order valence-electron chi connectivity index (χ2n) is 1.59. The lowest BCUT2D eigenvalue weighted by Crippen LogP contribution is -1.83. The van der Waals surface area contributed by atoms with Crippen LogP contribution in [-0.2, 0) is 0 Å². The minimum absolute atomic E-state index is 0.581. The van der Waals surface area contributed by atoms with Crippen molar-refractivity contribution in [2.24, 2.45) is 0 Å². The van der Waals surface area contributed by atoms with Gasteiger partial charge in [-0.25, -0.2) is 4.98 Å². The highest BCUT2D eigenvalue weighted by Crippen LogP contribution is 1.88. The summed E-state index contributed by atoms with van der Waals surface area (Å²) in [4.78, 5) is 3.81. The van der Waals surface area contributed by atoms with Crippen LogP contribution in [0.5, 0.6) is 0 Å². The van der Waals surface area contributed by atoms with Crippen LogP contribution in [0.3, 0.4) is 0 Å². The van der Waals surface area contributed by atoms with Crippen LogP contribution in [0.15, 0.2) is 18.6 Å². The Morgan fingerprint density at radius 2 is 2.56 bits per heavy atom. The molecular formula is C5H3N4. The molecule has 1 radical (unpaired) electrons. The summed E-state index contributed by atoms with van der Waals surface area (Å²) < 4.78 is 1.72. The van der Waals surface area contributed by atoms with Crippen molar-refractivity contribution in [1.29, 1.82) is 0 Å². The Morgan fingerprint density at radius 1 is 1.56 bits per heavy atom. The largest absolute Gasteiger partial charge is 0.273 e. The van der Waals surface area contributed by atoms with E-state index in [1.54, 1.807) is 23.0 Å². The smallest absolute Gasteiger partial charge is 0.255 e. The van der Waals surface area contributed by atoms with Crippen LogP contribution in [0.25, 0.3) is 5.78 Å². The molecule has 0 fully saturated rings. The van der Waals surface area contributed by atoms with E-state index in [4.69, 9.17) is 0 Å². The molecule has 0 bridgehead atoms. The second kappa shape index (κ2) is 1.51. The number of fused-ring (bicyclic) bond motifs is 1. The topological polar surface area (TPSA) is 43.1 Å². The Balaban J connectivity index is 2.95. The van der Waals surface area contributed by atoms with E-state index in [-0.39, 0.29) is 0 Å². The quantitative estimate of drug-likeness (QED) is 0.487. The summed E-state index contributed by atoms with van der Waals surface area (Å²) in [7, 11) is 0. The van der Waals surface area contributed by atoms with Crippen molar-refractivity contribution < 1.29 is 0 Å². The van der Waals surface area contributed by atoms with E-state index in [0.717, 1.165) is 0 Å². The average Bonchev–Trinajstić information content (AvgIpc) is 2.33. The van der Waals surface area contributed by atoms with Gasteiger partial charge in [0.25, 0.3) is 5.78 Å². The Labute approximate surface area is 51.2 Å². The van der Waals surface area contributed by atoms with Crippen molar-refractivity contribution in [2.45, 2.75) is 0 Å². The van der Waals surface area contributed by atoms with Gasteiger partial charge < -0.3 is 0 Å². The predicted molar refractivity (Wildman–Crippen MR) is 29.6 cm³/mol. The van der Waals surface area contributed by atoms with E-state index >= 15 is 0 Å². The predicted octanol–water partition coefficient (Wildman–Crippen LogP) is -0.0755. The molecule has 0 amide bonds. The Kier molecular flexibility index (Phi) is 0.745. The highest BCUT2D eigenvalue weighted by molar-refractivity contribution is 5.22. The molecule has 0 spiro atoms. The van der Waals surface area contributed by atoms with Gasteiger partial charge in [0.1, 0.15) is 6.33 Å². The third kappa shape index (κ3) is 0.561. The van der Waals surface area contributed by atoms with Gasteiger partial charge in [-0.05, 0) is 6.07 Å². The highest BCUT2D eigenvalue weighted by Gasteiger charge is 1.89. The summed E-state index contributed by atoms with van der Waals surface area (Å²) in [5.74, 6) is 0.581. The Bertz CT molecular complexity index is 283. The number of hydrogen-bond donors (Lipinski definition) is 0. The third-order valence-corrected chi connectivity index (χ3v) is 1.03. The molecule has 0 aliphatic heterocycles. The molecule has 2 rings (SSSR count). The van der Waals surface area contributed by atoms with Crippen LogP contribution in [-0.4, -0.2) is 19.6 Å². The lowest BCUT2D eigenvalue weighted by Gasteiger charge is -1.83. The summed E-state index contributed by atoms with van der Waals surface area (Å²) in [5, 5.41) is 7.32. The van der Waals surface area contributed by atoms with E-state index in [9.17, 15) is 0 Å². The molecule has 43 valence electrons. The molecule has 2 aromatic rings. The SMILES string of the molecule is [c]1ccn2cnnc2n1. The first-order chi connectivity index (χ1) is 4.47. The molecule has 0 saturated carbocycles. The fourth-order valence-electron chi connectivity index (χ4n) is 0.630. The lowest BCUT2D eigenvalue weighted by atomic mass is 10.7. The van der Waals surface area contributed by atoms with Crippen LogP contribution in [0.1, 0.15) is 0 Å². The molecule has 0 atom stereocenters. The average molecular weight is 119 g/mol. The fourth-order valence-corrected chi connectivity index (χ4v) is 0.630. The van der Waals surface area contributed by atoms with Gasteiger partial charge in [-0.15, -0.1) is 10.2 Å². The molecule has 0 aliphatic carbocycles. The van der Waals surface area contributed by atoms with Crippen molar-refractivity contribution >= 4 is 5.78 Å². The van der Waals surface area contributed by atoms with Crippen molar-refractivity contribution in [3.63, 3.8) is 0 Å². The van der Waals surface area contributed by atoms with Crippen molar-refractivity contribution in [1.82, 2.24) is 19.6 Å². The van der Waals surface area contributed by atoms with Gasteiger partial charge in [-0.3, -0.25) is 4.40 Å². The lowest BCUT2D eigenvalue weighted by molar-refractivity contribution is 1.10. The summed E-state index contributed by atoms with van der Waals surface area (Å²) >= 11 is 0. The minimum atomic E-state index is 0.581. The molecular weight excluding hydrogens is 116 g/mol. The molecule has 0 aromatic carbocycles. The van der Waals surface area contributed by atoms with Crippen LogP contribution < -0.4 is 0 Å². The minimum Gasteiger partial charge on any atom is -0.273 e. The maximum Gasteiger partial charge on any atom is 0.255 e. The molecule has 0 aliphatic rings. The van der Waals surface area contributed by atoms with E-state index < -0.39 is 0 Å². The van der Waals surface area contributed by atoms with Crippen LogP contribution >= 0.6 is 0 Å². The molecule has 4 heteroatoms. The first kappa shape index (κ1) is 4.43. The summed E-state index contributed by atoms with van der Waals surface area (Å²) in [5.41, 5.74) is 0. The Hall–Kier alpha value is -1.45. The van der Waals surface area contributed by atoms with Crippen LogP contribution in [0, 0.1) is 6.20 Å². The highest BCUT2D eigenvalue weighted by atomic mass is 15.3. The fraction of sp³-hybridized carbons (Fsp3) is 0. The first-order valence-corrected chi connectivity index (χ1v) is 2.49. The van der Waals surface area contributed by atoms with Gasteiger partial charge in [-0.2, -0.15) is 0 Å². The van der Waals surface area contributed by atoms with Crippen LogP contribution in [0.4, 0.5) is 0 Å². The van der Waals surface area contributed by atoms with Crippen LogP contribution in [0.2, 0.25) is 0 Å². The molecule has 4 nitrogen and oxygen atoms in total.